The quantitative estimate of drug-likeness (QED) is 0.341. The zero-order chi connectivity index (χ0) is 16.4. The lowest BCUT2D eigenvalue weighted by atomic mass is 10.1. The number of ketones is 1. The molecule has 1 aromatic carbocycles. The smallest absolute Gasteiger partial charge is 0.306 e. The fourth-order valence-electron chi connectivity index (χ4n) is 1.56. The Morgan fingerprint density at radius 2 is 1.91 bits per heavy atom. The van der Waals surface area contributed by atoms with Crippen molar-refractivity contribution >= 4 is 29.4 Å². The van der Waals surface area contributed by atoms with Crippen LogP contribution in [0.5, 0.6) is 0 Å². The topological polar surface area (TPSA) is 72.5 Å². The average Bonchev–Trinajstić information content (AvgIpc) is 2.55. The maximum Gasteiger partial charge on any atom is 0.306 e. The van der Waals surface area contributed by atoms with Gasteiger partial charge in [-0.15, -0.1) is 18.2 Å². The van der Waals surface area contributed by atoms with E-state index in [9.17, 15) is 14.4 Å². The number of esters is 1. The molecule has 0 aliphatic carbocycles. The second kappa shape index (κ2) is 9.64. The Balaban J connectivity index is 2.32. The molecule has 1 N–H and O–H groups in total. The van der Waals surface area contributed by atoms with Crippen molar-refractivity contribution in [2.45, 2.75) is 17.7 Å². The van der Waals surface area contributed by atoms with Crippen LogP contribution < -0.4 is 5.32 Å². The minimum Gasteiger partial charge on any atom is -0.456 e. The van der Waals surface area contributed by atoms with Crippen LogP contribution in [0.3, 0.4) is 0 Å². The van der Waals surface area contributed by atoms with Crippen molar-refractivity contribution in [2.75, 3.05) is 19.4 Å². The van der Waals surface area contributed by atoms with Gasteiger partial charge in [0.05, 0.1) is 13.0 Å². The van der Waals surface area contributed by atoms with E-state index < -0.39 is 18.5 Å². The highest BCUT2D eigenvalue weighted by molar-refractivity contribution is 7.98. The first-order chi connectivity index (χ1) is 10.6. The van der Waals surface area contributed by atoms with Crippen LogP contribution in [-0.4, -0.2) is 37.1 Å². The third-order valence-electron chi connectivity index (χ3n) is 2.72. The number of ether oxygens (including phenoxy) is 1. The maximum atomic E-state index is 11.9. The van der Waals surface area contributed by atoms with E-state index in [1.165, 1.54) is 0 Å². The van der Waals surface area contributed by atoms with E-state index in [-0.39, 0.29) is 25.2 Å². The minimum atomic E-state index is -0.593. The molecule has 0 radical (unpaired) electrons. The van der Waals surface area contributed by atoms with Crippen LogP contribution >= 0.6 is 11.8 Å². The van der Waals surface area contributed by atoms with Gasteiger partial charge in [-0.3, -0.25) is 14.4 Å². The van der Waals surface area contributed by atoms with Gasteiger partial charge in [-0.25, -0.2) is 0 Å². The molecule has 0 unspecified atom stereocenters. The second-order valence-electron chi connectivity index (χ2n) is 4.29. The molecule has 116 valence electrons. The molecular weight excluding hydrogens is 302 g/mol. The fraction of sp³-hybridized carbons (Fsp3) is 0.312. The standard InChI is InChI=1S/C16H17NO4S/c1-3-10-17-15(19)11-21-16(20)9-8-14(18)12-4-6-13(22-2)7-5-12/h1,4-7H,8-11H2,2H3,(H,17,19). The first-order valence-electron chi connectivity index (χ1n) is 6.60. The molecule has 5 nitrogen and oxygen atoms in total. The summed E-state index contributed by atoms with van der Waals surface area (Å²) in [6, 6.07) is 7.16. The summed E-state index contributed by atoms with van der Waals surface area (Å²) < 4.78 is 4.75. The maximum absolute atomic E-state index is 11.9. The first-order valence-corrected chi connectivity index (χ1v) is 7.82. The highest BCUT2D eigenvalue weighted by Crippen LogP contribution is 2.16. The van der Waals surface area contributed by atoms with E-state index in [0.717, 1.165) is 4.90 Å². The molecule has 0 heterocycles. The Morgan fingerprint density at radius 3 is 2.50 bits per heavy atom. The normalized spacial score (nSPS) is 9.64. The lowest BCUT2D eigenvalue weighted by Crippen LogP contribution is -2.29. The van der Waals surface area contributed by atoms with E-state index in [2.05, 4.69) is 11.2 Å². The molecule has 0 bridgehead atoms. The molecule has 1 rings (SSSR count). The highest BCUT2D eigenvalue weighted by Gasteiger charge is 2.11. The number of hydrogen-bond acceptors (Lipinski definition) is 5. The number of carbonyl (C=O) groups excluding carboxylic acids is 3. The number of carbonyl (C=O) groups is 3. The number of amides is 1. The van der Waals surface area contributed by atoms with Crippen molar-refractivity contribution in [1.29, 1.82) is 0 Å². The molecule has 0 aliphatic heterocycles. The number of terminal acetylenes is 1. The monoisotopic (exact) mass is 319 g/mol. The zero-order valence-electron chi connectivity index (χ0n) is 12.3. The van der Waals surface area contributed by atoms with Crippen LogP contribution in [0.2, 0.25) is 0 Å². The largest absolute Gasteiger partial charge is 0.456 e. The number of thioether (sulfide) groups is 1. The summed E-state index contributed by atoms with van der Waals surface area (Å²) in [7, 11) is 0. The van der Waals surface area contributed by atoms with Crippen LogP contribution in [-0.2, 0) is 14.3 Å². The molecule has 0 atom stereocenters. The highest BCUT2D eigenvalue weighted by atomic mass is 32.2. The van der Waals surface area contributed by atoms with Crippen molar-refractivity contribution in [3.05, 3.63) is 29.8 Å². The Labute approximate surface area is 133 Å². The summed E-state index contributed by atoms with van der Waals surface area (Å²) >= 11 is 1.59. The van der Waals surface area contributed by atoms with Gasteiger partial charge in [-0.2, -0.15) is 0 Å². The van der Waals surface area contributed by atoms with Gasteiger partial charge in [-0.05, 0) is 18.4 Å². The zero-order valence-corrected chi connectivity index (χ0v) is 13.1. The van der Waals surface area contributed by atoms with Crippen LogP contribution in [0.4, 0.5) is 0 Å². The number of Topliss-reactive ketones (excluding diaryl/α,β-unsaturated/α-hetero) is 1. The second-order valence-corrected chi connectivity index (χ2v) is 5.17. The van der Waals surface area contributed by atoms with E-state index in [1.54, 1.807) is 23.9 Å². The summed E-state index contributed by atoms with van der Waals surface area (Å²) in [4.78, 5) is 35.6. The summed E-state index contributed by atoms with van der Waals surface area (Å²) in [6.07, 6.45) is 6.91. The third kappa shape index (κ3) is 6.46. The predicted molar refractivity (Wildman–Crippen MR) is 84.6 cm³/mol. The molecule has 0 aliphatic rings. The molecule has 0 fully saturated rings. The van der Waals surface area contributed by atoms with Gasteiger partial charge in [0.1, 0.15) is 0 Å². The van der Waals surface area contributed by atoms with Gasteiger partial charge in [-0.1, -0.05) is 18.1 Å². The summed E-state index contributed by atoms with van der Waals surface area (Å²) in [5, 5.41) is 2.37. The van der Waals surface area contributed by atoms with Crippen molar-refractivity contribution < 1.29 is 19.1 Å². The number of nitrogens with one attached hydrogen (secondary N) is 1. The van der Waals surface area contributed by atoms with Crippen molar-refractivity contribution in [3.8, 4) is 12.3 Å². The van der Waals surface area contributed by atoms with Crippen molar-refractivity contribution in [3.63, 3.8) is 0 Å². The predicted octanol–water partition coefficient (Wildman–Crippen LogP) is 1.66. The van der Waals surface area contributed by atoms with Gasteiger partial charge in [0.25, 0.3) is 5.91 Å². The summed E-state index contributed by atoms with van der Waals surface area (Å²) in [6.45, 7) is -0.308. The van der Waals surface area contributed by atoms with Crippen molar-refractivity contribution in [1.82, 2.24) is 5.32 Å². The van der Waals surface area contributed by atoms with Crippen LogP contribution in [0.25, 0.3) is 0 Å². The molecule has 0 spiro atoms. The number of rotatable bonds is 8. The molecule has 0 saturated carbocycles. The van der Waals surface area contributed by atoms with Gasteiger partial charge in [0, 0.05) is 16.9 Å². The van der Waals surface area contributed by atoms with Gasteiger partial charge in [0.15, 0.2) is 12.4 Å². The molecular formula is C16H17NO4S. The number of hydrogen-bond donors (Lipinski definition) is 1. The lowest BCUT2D eigenvalue weighted by molar-refractivity contribution is -0.148. The Hall–Kier alpha value is -2.26. The fourth-order valence-corrected chi connectivity index (χ4v) is 1.96. The Kier molecular flexibility index (Phi) is 7.79. The van der Waals surface area contributed by atoms with Crippen LogP contribution in [0, 0.1) is 12.3 Å². The Bertz CT molecular complexity index is 575. The van der Waals surface area contributed by atoms with Crippen LogP contribution in [0.1, 0.15) is 23.2 Å². The number of benzene rings is 1. The van der Waals surface area contributed by atoms with E-state index in [4.69, 9.17) is 11.2 Å². The van der Waals surface area contributed by atoms with Gasteiger partial charge < -0.3 is 10.1 Å². The molecule has 1 amide bonds. The molecule has 1 aromatic rings. The summed E-state index contributed by atoms with van der Waals surface area (Å²) in [5.74, 6) is 1.04. The van der Waals surface area contributed by atoms with E-state index in [1.807, 2.05) is 18.4 Å². The van der Waals surface area contributed by atoms with Gasteiger partial charge in [0.2, 0.25) is 0 Å². The van der Waals surface area contributed by atoms with E-state index >= 15 is 0 Å². The molecule has 0 aromatic heterocycles. The third-order valence-corrected chi connectivity index (χ3v) is 3.46. The summed E-state index contributed by atoms with van der Waals surface area (Å²) in [5.41, 5.74) is 0.553. The van der Waals surface area contributed by atoms with Crippen LogP contribution in [0.15, 0.2) is 29.2 Å². The molecule has 6 heteroatoms. The lowest BCUT2D eigenvalue weighted by Gasteiger charge is -2.05. The SMILES string of the molecule is C#CCNC(=O)COC(=O)CCC(=O)c1ccc(SC)cc1. The minimum absolute atomic E-state index is 0.0451. The molecule has 0 saturated heterocycles. The molecule has 22 heavy (non-hydrogen) atoms. The van der Waals surface area contributed by atoms with Gasteiger partial charge >= 0.3 is 5.97 Å². The first kappa shape index (κ1) is 17.8. The Morgan fingerprint density at radius 1 is 1.23 bits per heavy atom. The average molecular weight is 319 g/mol. The van der Waals surface area contributed by atoms with E-state index in [0.29, 0.717) is 5.56 Å². The van der Waals surface area contributed by atoms with Crippen molar-refractivity contribution in [2.24, 2.45) is 0 Å².